The van der Waals surface area contributed by atoms with Crippen molar-refractivity contribution in [1.29, 1.82) is 0 Å². The van der Waals surface area contributed by atoms with Crippen LogP contribution in [0, 0.1) is 0 Å². The van der Waals surface area contributed by atoms with E-state index in [1.165, 1.54) is 43.6 Å². The Morgan fingerprint density at radius 1 is 0.929 bits per heavy atom. The molecule has 304 valence electrons. The molecule has 0 bridgehead atoms. The molecule has 2 aliphatic rings. The van der Waals surface area contributed by atoms with Gasteiger partial charge in [0.15, 0.2) is 6.54 Å². The molecule has 0 spiro atoms. The molecular formula is C36H43N4O12S4-. The third kappa shape index (κ3) is 9.72. The van der Waals surface area contributed by atoms with Crippen LogP contribution in [0.2, 0.25) is 0 Å². The summed E-state index contributed by atoms with van der Waals surface area (Å²) in [6, 6.07) is 9.01. The summed E-state index contributed by atoms with van der Waals surface area (Å²) in [7, 11) is -10.00. The van der Waals surface area contributed by atoms with Gasteiger partial charge < -0.3 is 18.8 Å². The third-order valence-electron chi connectivity index (χ3n) is 9.61. The molecule has 1 aromatic heterocycles. The molecule has 3 aromatic rings. The topological polar surface area (TPSA) is 223 Å². The van der Waals surface area contributed by atoms with E-state index in [4.69, 9.17) is 4.84 Å². The van der Waals surface area contributed by atoms with E-state index in [9.17, 15) is 48.7 Å². The molecule has 0 aliphatic carbocycles. The van der Waals surface area contributed by atoms with E-state index >= 15 is 0 Å². The molecule has 0 radical (unpaired) electrons. The average Bonchev–Trinajstić information content (AvgIpc) is 3.69. The van der Waals surface area contributed by atoms with Crippen molar-refractivity contribution >= 4 is 81.4 Å². The number of thiazole rings is 1. The number of allylic oxidation sites excluding steroid dienone is 3. The summed E-state index contributed by atoms with van der Waals surface area (Å²) in [6.45, 7) is 4.60. The number of hydroxylamine groups is 2. The van der Waals surface area contributed by atoms with Crippen molar-refractivity contribution in [1.82, 2.24) is 9.37 Å². The third-order valence-corrected chi connectivity index (χ3v) is 14.2. The smallest absolute Gasteiger partial charge is 0.333 e. The Kier molecular flexibility index (Phi) is 12.9. The fourth-order valence-corrected chi connectivity index (χ4v) is 9.85. The fraction of sp³-hybridized carbons (Fsp3) is 0.444. The van der Waals surface area contributed by atoms with E-state index in [-0.39, 0.29) is 35.5 Å². The first-order valence-electron chi connectivity index (χ1n) is 17.8. The lowest BCUT2D eigenvalue weighted by Crippen LogP contribution is -2.35. The Bertz CT molecular complexity index is 2420. The van der Waals surface area contributed by atoms with Crippen molar-refractivity contribution in [2.45, 2.75) is 87.0 Å². The van der Waals surface area contributed by atoms with E-state index in [0.717, 1.165) is 10.0 Å². The molecule has 56 heavy (non-hydrogen) atoms. The minimum Gasteiger partial charge on any atom is -0.748 e. The number of hydrogen-bond donors (Lipinski definition) is 0. The molecule has 1 fully saturated rings. The van der Waals surface area contributed by atoms with E-state index in [1.54, 1.807) is 24.3 Å². The number of anilines is 1. The number of unbranched alkanes of at least 4 members (excludes halogenated alkanes) is 3. The van der Waals surface area contributed by atoms with Crippen molar-refractivity contribution in [2.75, 3.05) is 31.3 Å². The number of carbonyl (C=O) groups excluding carboxylic acids is 3. The van der Waals surface area contributed by atoms with Gasteiger partial charge in [-0.05, 0) is 61.2 Å². The second kappa shape index (κ2) is 16.8. The van der Waals surface area contributed by atoms with E-state index < -0.39 is 59.2 Å². The van der Waals surface area contributed by atoms with Gasteiger partial charge in [0.2, 0.25) is 15.5 Å². The van der Waals surface area contributed by atoms with Crippen molar-refractivity contribution < 1.29 is 58.1 Å². The number of aryl methyl sites for hydroxylation is 1. The number of benzene rings is 2. The highest BCUT2D eigenvalue weighted by Gasteiger charge is 2.40. The maximum Gasteiger partial charge on any atom is 0.333 e. The van der Waals surface area contributed by atoms with Gasteiger partial charge in [0.05, 0.1) is 19.9 Å². The molecule has 2 aromatic carbocycles. The van der Waals surface area contributed by atoms with Crippen LogP contribution in [0.25, 0.3) is 16.3 Å². The number of aromatic nitrogens is 1. The zero-order chi connectivity index (χ0) is 41.2. The molecule has 2 aliphatic heterocycles. The number of sulfonamides is 1. The molecule has 0 atom stereocenters. The maximum atomic E-state index is 12.9. The van der Waals surface area contributed by atoms with Crippen molar-refractivity contribution in [3.63, 3.8) is 0 Å². The van der Waals surface area contributed by atoms with Gasteiger partial charge in [-0.15, -0.1) is 5.06 Å². The van der Waals surface area contributed by atoms with Crippen LogP contribution in [-0.4, -0.2) is 87.9 Å². The lowest BCUT2D eigenvalue weighted by atomic mass is 9.83. The monoisotopic (exact) mass is 851 g/mol. The Balaban J connectivity index is 1.42. The summed E-state index contributed by atoms with van der Waals surface area (Å²) in [6.07, 6.45) is 7.55. The molecule has 20 heteroatoms. The average molecular weight is 852 g/mol. The minimum absolute atomic E-state index is 0.000764. The van der Waals surface area contributed by atoms with Crippen LogP contribution in [0.4, 0.5) is 5.69 Å². The molecule has 5 rings (SSSR count). The summed E-state index contributed by atoms with van der Waals surface area (Å²) >= 11 is 1.33. The zero-order valence-electron chi connectivity index (χ0n) is 31.3. The summed E-state index contributed by atoms with van der Waals surface area (Å²) in [5.74, 6) is -2.31. The minimum atomic E-state index is -4.75. The number of rotatable bonds is 17. The number of amides is 2. The number of carbonyl (C=O) groups is 3. The van der Waals surface area contributed by atoms with E-state index in [1.807, 2.05) is 35.5 Å². The van der Waals surface area contributed by atoms with Crippen LogP contribution in [-0.2, 0) is 61.4 Å². The molecule has 0 unspecified atom stereocenters. The van der Waals surface area contributed by atoms with Crippen molar-refractivity contribution in [3.05, 3.63) is 64.8 Å². The molecule has 2 amide bonds. The maximum absolute atomic E-state index is 12.9. The van der Waals surface area contributed by atoms with Crippen LogP contribution in [0.1, 0.15) is 75.8 Å². The molecule has 3 heterocycles. The first-order valence-corrected chi connectivity index (χ1v) is 23.0. The van der Waals surface area contributed by atoms with Gasteiger partial charge in [-0.2, -0.15) is 4.57 Å². The highest BCUT2D eigenvalue weighted by molar-refractivity contribution is 7.89. The number of fused-ring (bicyclic) bond motifs is 2. The Labute approximate surface area is 330 Å². The Hall–Kier alpha value is -4.05. The van der Waals surface area contributed by atoms with Gasteiger partial charge in [0.1, 0.15) is 14.8 Å². The van der Waals surface area contributed by atoms with Gasteiger partial charge >= 0.3 is 5.97 Å². The van der Waals surface area contributed by atoms with E-state index in [0.29, 0.717) is 70.3 Å². The van der Waals surface area contributed by atoms with Crippen molar-refractivity contribution in [3.8, 4) is 0 Å². The first-order chi connectivity index (χ1) is 26.1. The van der Waals surface area contributed by atoms with Gasteiger partial charge in [-0.25, -0.2) is 34.4 Å². The quantitative estimate of drug-likeness (QED) is 0.0822. The SMILES string of the molecule is CN(C)S(=O)(=O)c1ccc2c(c1)sc(/C=C/C=C1/N(CCCCCC(=O)ON3C(=O)CCC3=O)c3ccc(S(=O)(=O)[O-])cc3C1(C)C)[n+]2CCCCS(=O)(=O)[O-]. The molecule has 0 saturated carbocycles. The van der Waals surface area contributed by atoms with Crippen molar-refractivity contribution in [2.24, 2.45) is 0 Å². The highest BCUT2D eigenvalue weighted by Crippen LogP contribution is 2.48. The van der Waals surface area contributed by atoms with Crippen LogP contribution in [0.5, 0.6) is 0 Å². The highest BCUT2D eigenvalue weighted by atomic mass is 32.2. The Morgan fingerprint density at radius 2 is 1.61 bits per heavy atom. The lowest BCUT2D eigenvalue weighted by Gasteiger charge is -2.27. The summed E-state index contributed by atoms with van der Waals surface area (Å²) in [4.78, 5) is 42.6. The van der Waals surface area contributed by atoms with Crippen LogP contribution >= 0.6 is 11.3 Å². The summed E-state index contributed by atoms with van der Waals surface area (Å²) in [5, 5.41) is 1.23. The van der Waals surface area contributed by atoms with Gasteiger partial charge in [0.25, 0.3) is 16.8 Å². The van der Waals surface area contributed by atoms with Gasteiger partial charge in [-0.3, -0.25) is 9.59 Å². The lowest BCUT2D eigenvalue weighted by molar-refractivity contribution is -0.669. The first kappa shape index (κ1) is 43.1. The molecule has 16 nitrogen and oxygen atoms in total. The standard InChI is InChI=1S/C36H44N4O12S4/c1-36(2)27-23-26(56(49,50)51)15-16-28(27)38(20-7-5-6-13-35(43)52-40-32(41)18-19-33(40)42)31(36)11-10-12-34-39(21-8-9-22-54(44,45)46)29-17-14-25(24-30(29)53-34)55(47,48)37(3)4/h10-12,14-17,23-24H,5-9,13,18-22H2,1-4H3,(H-,44,45,46,49,50,51)/p-1. The second-order valence-electron chi connectivity index (χ2n) is 14.2. The molecular weight excluding hydrogens is 809 g/mol. The van der Waals surface area contributed by atoms with Gasteiger partial charge in [-0.1, -0.05) is 37.7 Å². The molecule has 1 saturated heterocycles. The number of imide groups is 1. The fourth-order valence-electron chi connectivity index (χ4n) is 6.65. The predicted octanol–water partition coefficient (Wildman–Crippen LogP) is 3.53. The molecule has 0 N–H and O–H groups in total. The Morgan fingerprint density at radius 3 is 2.25 bits per heavy atom. The van der Waals surface area contributed by atoms with Gasteiger partial charge in [0, 0.05) is 81.0 Å². The normalized spacial score (nSPS) is 16.9. The van der Waals surface area contributed by atoms with Crippen LogP contribution < -0.4 is 9.47 Å². The zero-order valence-corrected chi connectivity index (χ0v) is 34.6. The van der Waals surface area contributed by atoms with Crippen LogP contribution in [0.3, 0.4) is 0 Å². The van der Waals surface area contributed by atoms with Crippen LogP contribution in [0.15, 0.2) is 64.0 Å². The van der Waals surface area contributed by atoms with E-state index in [2.05, 4.69) is 0 Å². The number of hydrogen-bond acceptors (Lipinski definition) is 14. The summed E-state index contributed by atoms with van der Waals surface area (Å²) in [5.41, 5.74) is 2.05. The predicted molar refractivity (Wildman–Crippen MR) is 204 cm³/mol. The summed E-state index contributed by atoms with van der Waals surface area (Å²) < 4.78 is 99.1. The number of nitrogens with zero attached hydrogens (tertiary/aromatic N) is 4. The largest absolute Gasteiger partial charge is 0.748 e. The second-order valence-corrected chi connectivity index (χ2v) is 20.3.